The highest BCUT2D eigenvalue weighted by atomic mass is 35.5. The fourth-order valence-electron chi connectivity index (χ4n) is 1.05. The number of hydrogen-bond donors (Lipinski definition) is 2. The third-order valence-corrected chi connectivity index (χ3v) is 2.15. The van der Waals surface area contributed by atoms with Gasteiger partial charge in [0.25, 0.3) is 5.91 Å². The Morgan fingerprint density at radius 3 is 2.50 bits per heavy atom. The van der Waals surface area contributed by atoms with Crippen molar-refractivity contribution in [3.8, 4) is 0 Å². The van der Waals surface area contributed by atoms with E-state index in [2.05, 4.69) is 5.32 Å². The standard InChI is InChI=1S/C11H15ClN2O.ClH/c1-11(2,13)7-14-10(15)8-5-3-4-6-9(8)12;/h3-6H,7,13H2,1-2H3,(H,14,15);1H. The molecular weight excluding hydrogens is 247 g/mol. The van der Waals surface area contributed by atoms with Gasteiger partial charge in [0.15, 0.2) is 0 Å². The average molecular weight is 263 g/mol. The molecule has 0 aliphatic rings. The van der Waals surface area contributed by atoms with Gasteiger partial charge in [-0.3, -0.25) is 4.79 Å². The molecule has 0 saturated heterocycles. The Morgan fingerprint density at radius 2 is 2.00 bits per heavy atom. The van der Waals surface area contributed by atoms with Gasteiger partial charge >= 0.3 is 0 Å². The quantitative estimate of drug-likeness (QED) is 0.878. The molecule has 0 fully saturated rings. The Bertz CT molecular complexity index is 361. The number of rotatable bonds is 3. The summed E-state index contributed by atoms with van der Waals surface area (Å²) in [6.07, 6.45) is 0. The summed E-state index contributed by atoms with van der Waals surface area (Å²) in [5.74, 6) is -0.195. The monoisotopic (exact) mass is 262 g/mol. The predicted molar refractivity (Wildman–Crippen MR) is 69.3 cm³/mol. The van der Waals surface area contributed by atoms with E-state index < -0.39 is 5.54 Å². The number of halogens is 2. The van der Waals surface area contributed by atoms with E-state index >= 15 is 0 Å². The number of nitrogens with one attached hydrogen (secondary N) is 1. The lowest BCUT2D eigenvalue weighted by Gasteiger charge is -2.19. The van der Waals surface area contributed by atoms with Crippen molar-refractivity contribution in [2.24, 2.45) is 5.73 Å². The fourth-order valence-corrected chi connectivity index (χ4v) is 1.27. The SMILES string of the molecule is CC(C)(N)CNC(=O)c1ccccc1Cl.Cl. The second-order valence-electron chi connectivity index (χ2n) is 4.15. The molecule has 1 aromatic carbocycles. The number of benzene rings is 1. The van der Waals surface area contributed by atoms with Crippen LogP contribution in [0, 0.1) is 0 Å². The van der Waals surface area contributed by atoms with Gasteiger partial charge < -0.3 is 11.1 Å². The molecule has 3 N–H and O–H groups in total. The number of amides is 1. The minimum atomic E-state index is -0.420. The third-order valence-electron chi connectivity index (χ3n) is 1.82. The molecule has 0 unspecified atom stereocenters. The normalized spacial score (nSPS) is 10.5. The number of nitrogens with two attached hydrogens (primary N) is 1. The molecule has 0 heterocycles. The summed E-state index contributed by atoms with van der Waals surface area (Å²) in [7, 11) is 0. The van der Waals surface area contributed by atoms with Crippen LogP contribution < -0.4 is 11.1 Å². The predicted octanol–water partition coefficient (Wildman–Crippen LogP) is 2.23. The van der Waals surface area contributed by atoms with Crippen LogP contribution in [0.5, 0.6) is 0 Å². The molecule has 0 saturated carbocycles. The molecular formula is C11H16Cl2N2O. The lowest BCUT2D eigenvalue weighted by molar-refractivity contribution is 0.0946. The largest absolute Gasteiger partial charge is 0.350 e. The highest BCUT2D eigenvalue weighted by Gasteiger charge is 2.14. The van der Waals surface area contributed by atoms with Crippen LogP contribution >= 0.6 is 24.0 Å². The summed E-state index contributed by atoms with van der Waals surface area (Å²) in [5, 5.41) is 3.18. The van der Waals surface area contributed by atoms with Crippen LogP contribution in [0.25, 0.3) is 0 Å². The van der Waals surface area contributed by atoms with Crippen LogP contribution in [-0.4, -0.2) is 18.0 Å². The maximum Gasteiger partial charge on any atom is 0.252 e. The second kappa shape index (κ2) is 6.09. The molecule has 1 amide bonds. The van der Waals surface area contributed by atoms with Crippen LogP contribution in [0.3, 0.4) is 0 Å². The summed E-state index contributed by atoms with van der Waals surface area (Å²) in [6, 6.07) is 6.92. The van der Waals surface area contributed by atoms with Crippen molar-refractivity contribution in [2.45, 2.75) is 19.4 Å². The Hall–Kier alpha value is -0.770. The molecule has 0 aromatic heterocycles. The van der Waals surface area contributed by atoms with Crippen molar-refractivity contribution in [1.29, 1.82) is 0 Å². The van der Waals surface area contributed by atoms with Gasteiger partial charge in [0.1, 0.15) is 0 Å². The van der Waals surface area contributed by atoms with Gasteiger partial charge in [-0.15, -0.1) is 12.4 Å². The van der Waals surface area contributed by atoms with E-state index in [9.17, 15) is 4.79 Å². The molecule has 0 radical (unpaired) electrons. The van der Waals surface area contributed by atoms with E-state index in [1.165, 1.54) is 0 Å². The maximum atomic E-state index is 11.7. The van der Waals surface area contributed by atoms with Crippen molar-refractivity contribution in [3.63, 3.8) is 0 Å². The topological polar surface area (TPSA) is 55.1 Å². The number of carbonyl (C=O) groups is 1. The lowest BCUT2D eigenvalue weighted by Crippen LogP contribution is -2.45. The number of hydrogen-bond acceptors (Lipinski definition) is 2. The van der Waals surface area contributed by atoms with Crippen LogP contribution in [0.2, 0.25) is 5.02 Å². The molecule has 0 aliphatic carbocycles. The molecule has 0 spiro atoms. The van der Waals surface area contributed by atoms with Crippen LogP contribution in [0.15, 0.2) is 24.3 Å². The molecule has 1 aromatic rings. The van der Waals surface area contributed by atoms with E-state index in [4.69, 9.17) is 17.3 Å². The molecule has 16 heavy (non-hydrogen) atoms. The Balaban J connectivity index is 0.00000225. The van der Waals surface area contributed by atoms with Gasteiger partial charge in [-0.25, -0.2) is 0 Å². The molecule has 5 heteroatoms. The Labute approximate surface area is 107 Å². The van der Waals surface area contributed by atoms with Crippen molar-refractivity contribution < 1.29 is 4.79 Å². The van der Waals surface area contributed by atoms with Gasteiger partial charge in [-0.05, 0) is 26.0 Å². The Morgan fingerprint density at radius 1 is 1.44 bits per heavy atom. The van der Waals surface area contributed by atoms with Crippen molar-refractivity contribution in [2.75, 3.05) is 6.54 Å². The second-order valence-corrected chi connectivity index (χ2v) is 4.56. The van der Waals surface area contributed by atoms with E-state index in [-0.39, 0.29) is 18.3 Å². The zero-order chi connectivity index (χ0) is 11.5. The summed E-state index contributed by atoms with van der Waals surface area (Å²) in [4.78, 5) is 11.7. The third kappa shape index (κ3) is 4.84. The average Bonchev–Trinajstić information content (AvgIpc) is 2.14. The minimum absolute atomic E-state index is 0. The minimum Gasteiger partial charge on any atom is -0.350 e. The van der Waals surface area contributed by atoms with Gasteiger partial charge in [0.2, 0.25) is 0 Å². The van der Waals surface area contributed by atoms with Crippen molar-refractivity contribution in [3.05, 3.63) is 34.9 Å². The van der Waals surface area contributed by atoms with Crippen LogP contribution in [-0.2, 0) is 0 Å². The van der Waals surface area contributed by atoms with E-state index in [0.717, 1.165) is 0 Å². The number of carbonyl (C=O) groups excluding carboxylic acids is 1. The summed E-state index contributed by atoms with van der Waals surface area (Å²) < 4.78 is 0. The van der Waals surface area contributed by atoms with Crippen molar-refractivity contribution in [1.82, 2.24) is 5.32 Å². The first kappa shape index (κ1) is 15.2. The first-order valence-electron chi connectivity index (χ1n) is 4.72. The summed E-state index contributed by atoms with van der Waals surface area (Å²) >= 11 is 5.88. The maximum absolute atomic E-state index is 11.7. The first-order chi connectivity index (χ1) is 6.90. The summed E-state index contributed by atoms with van der Waals surface area (Å²) in [6.45, 7) is 4.11. The highest BCUT2D eigenvalue weighted by Crippen LogP contribution is 2.14. The van der Waals surface area contributed by atoms with Crippen LogP contribution in [0.1, 0.15) is 24.2 Å². The molecule has 90 valence electrons. The summed E-state index contributed by atoms with van der Waals surface area (Å²) in [5.41, 5.74) is 5.81. The lowest BCUT2D eigenvalue weighted by atomic mass is 10.1. The van der Waals surface area contributed by atoms with Gasteiger partial charge in [0, 0.05) is 12.1 Å². The van der Waals surface area contributed by atoms with Gasteiger partial charge in [0.05, 0.1) is 10.6 Å². The van der Waals surface area contributed by atoms with Crippen molar-refractivity contribution >= 4 is 29.9 Å². The Kier molecular flexibility index (Phi) is 5.79. The smallest absolute Gasteiger partial charge is 0.252 e. The van der Waals surface area contributed by atoms with Gasteiger partial charge in [-0.1, -0.05) is 23.7 Å². The van der Waals surface area contributed by atoms with E-state index in [0.29, 0.717) is 17.1 Å². The highest BCUT2D eigenvalue weighted by molar-refractivity contribution is 6.33. The molecule has 0 bridgehead atoms. The molecule has 0 aliphatic heterocycles. The van der Waals surface area contributed by atoms with E-state index in [1.54, 1.807) is 24.3 Å². The van der Waals surface area contributed by atoms with E-state index in [1.807, 2.05) is 13.8 Å². The molecule has 0 atom stereocenters. The first-order valence-corrected chi connectivity index (χ1v) is 5.09. The molecule has 1 rings (SSSR count). The fraction of sp³-hybridized carbons (Fsp3) is 0.364. The van der Waals surface area contributed by atoms with Gasteiger partial charge in [-0.2, -0.15) is 0 Å². The zero-order valence-corrected chi connectivity index (χ0v) is 10.9. The molecule has 3 nitrogen and oxygen atoms in total. The van der Waals surface area contributed by atoms with Crippen LogP contribution in [0.4, 0.5) is 0 Å². The zero-order valence-electron chi connectivity index (χ0n) is 9.29.